The average Bonchev–Trinajstić information content (AvgIpc) is 1.86. The van der Waals surface area contributed by atoms with E-state index in [-0.39, 0.29) is 4.47 Å². The van der Waals surface area contributed by atoms with Crippen LogP contribution in [0.15, 0.2) is 28.7 Å². The van der Waals surface area contributed by atoms with Gasteiger partial charge in [-0.2, -0.15) is 8.78 Å². The summed E-state index contributed by atoms with van der Waals surface area (Å²) in [6.45, 7) is 0. The zero-order chi connectivity index (χ0) is 8.48. The predicted octanol–water partition coefficient (Wildman–Crippen LogP) is 2.49. The Bertz CT molecular complexity index is 257. The van der Waals surface area contributed by atoms with Crippen molar-refractivity contribution in [2.45, 2.75) is 6.11 Å². The quantitative estimate of drug-likeness (QED) is 0.775. The smallest absolute Gasteiger partial charge is 0.332 e. The molecule has 0 heterocycles. The van der Waals surface area contributed by atoms with E-state index in [1.165, 1.54) is 12.1 Å². The maximum Gasteiger partial charge on any atom is 0.382 e. The number of benzene rings is 1. The Morgan fingerprint density at radius 1 is 1.27 bits per heavy atom. The van der Waals surface area contributed by atoms with E-state index in [1.807, 2.05) is 0 Å². The van der Waals surface area contributed by atoms with Gasteiger partial charge in [-0.1, -0.05) is 28.1 Å². The highest BCUT2D eigenvalue weighted by atomic mass is 79.9. The molecule has 0 bridgehead atoms. The maximum atomic E-state index is 12.2. The monoisotopic (exact) mass is 222 g/mol. The molecule has 4 heteroatoms. The number of aliphatic hydroxyl groups is 1. The summed E-state index contributed by atoms with van der Waals surface area (Å²) >= 11 is 2.89. The van der Waals surface area contributed by atoms with Crippen molar-refractivity contribution >= 4 is 15.9 Å². The molecule has 1 N–H and O–H groups in total. The van der Waals surface area contributed by atoms with Gasteiger partial charge in [-0.15, -0.1) is 0 Å². The van der Waals surface area contributed by atoms with E-state index in [2.05, 4.69) is 15.9 Å². The first-order valence-electron chi connectivity index (χ1n) is 2.87. The summed E-state index contributed by atoms with van der Waals surface area (Å²) in [5, 5.41) is 8.31. The van der Waals surface area contributed by atoms with Crippen molar-refractivity contribution in [2.75, 3.05) is 0 Å². The Morgan fingerprint density at radius 3 is 2.18 bits per heavy atom. The van der Waals surface area contributed by atoms with Gasteiger partial charge in [0.15, 0.2) is 0 Å². The Kier molecular flexibility index (Phi) is 2.25. The summed E-state index contributed by atoms with van der Waals surface area (Å²) < 4.78 is 24.7. The molecule has 0 aromatic heterocycles. The molecule has 0 aliphatic rings. The molecule has 1 rings (SSSR count). The summed E-state index contributed by atoms with van der Waals surface area (Å²) in [4.78, 5) is 0. The number of hydrogen-bond acceptors (Lipinski definition) is 1. The minimum Gasteiger partial charge on any atom is -0.332 e. The average molecular weight is 223 g/mol. The van der Waals surface area contributed by atoms with Gasteiger partial charge in [-0.3, -0.25) is 0 Å². The molecule has 0 unspecified atom stereocenters. The topological polar surface area (TPSA) is 20.2 Å². The van der Waals surface area contributed by atoms with Gasteiger partial charge in [-0.25, -0.2) is 0 Å². The first-order valence-corrected chi connectivity index (χ1v) is 3.66. The normalized spacial score (nSPS) is 11.6. The minimum atomic E-state index is -3.76. The van der Waals surface area contributed by atoms with Crippen molar-refractivity contribution in [3.05, 3.63) is 34.3 Å². The lowest BCUT2D eigenvalue weighted by Gasteiger charge is -2.09. The Balaban J connectivity index is 3.14. The largest absolute Gasteiger partial charge is 0.382 e. The van der Waals surface area contributed by atoms with E-state index in [0.29, 0.717) is 0 Å². The van der Waals surface area contributed by atoms with Crippen LogP contribution in [0, 0.1) is 0 Å². The van der Waals surface area contributed by atoms with Crippen LogP contribution in [-0.2, 0) is 6.11 Å². The third kappa shape index (κ3) is 1.97. The van der Waals surface area contributed by atoms with E-state index in [1.54, 1.807) is 6.07 Å². The van der Waals surface area contributed by atoms with Gasteiger partial charge in [0.25, 0.3) is 0 Å². The van der Waals surface area contributed by atoms with Crippen molar-refractivity contribution < 1.29 is 13.9 Å². The van der Waals surface area contributed by atoms with Crippen molar-refractivity contribution in [1.29, 1.82) is 0 Å². The third-order valence-electron chi connectivity index (χ3n) is 1.20. The number of rotatable bonds is 1. The summed E-state index contributed by atoms with van der Waals surface area (Å²) in [5.74, 6) is 0. The third-order valence-corrected chi connectivity index (χ3v) is 1.89. The molecule has 1 aromatic rings. The first-order chi connectivity index (χ1) is 5.02. The summed E-state index contributed by atoms with van der Waals surface area (Å²) in [7, 11) is 0. The molecule has 0 fully saturated rings. The standard InChI is InChI=1S/C7H5BrF2O/c8-6-4-2-1-3-5(6)7(9,10)11/h1-4,11H. The van der Waals surface area contributed by atoms with E-state index in [0.717, 1.165) is 6.07 Å². The summed E-state index contributed by atoms with van der Waals surface area (Å²) in [5.41, 5.74) is -0.417. The van der Waals surface area contributed by atoms with Gasteiger partial charge < -0.3 is 5.11 Å². The molecule has 1 nitrogen and oxygen atoms in total. The van der Waals surface area contributed by atoms with Crippen LogP contribution >= 0.6 is 15.9 Å². The maximum absolute atomic E-state index is 12.2. The zero-order valence-electron chi connectivity index (χ0n) is 5.39. The minimum absolute atomic E-state index is 0.201. The molecule has 0 saturated carbocycles. The molecule has 0 spiro atoms. The SMILES string of the molecule is OC(F)(F)c1ccccc1Br. The van der Waals surface area contributed by atoms with Crippen molar-refractivity contribution in [3.8, 4) is 0 Å². The number of hydrogen-bond donors (Lipinski definition) is 1. The fourth-order valence-corrected chi connectivity index (χ4v) is 1.23. The Morgan fingerprint density at radius 2 is 1.82 bits per heavy atom. The molecule has 11 heavy (non-hydrogen) atoms. The lowest BCUT2D eigenvalue weighted by molar-refractivity contribution is -0.209. The van der Waals surface area contributed by atoms with Gasteiger partial charge in [0.2, 0.25) is 0 Å². The fourth-order valence-electron chi connectivity index (χ4n) is 0.705. The summed E-state index contributed by atoms with van der Waals surface area (Å²) in [6, 6.07) is 5.63. The fraction of sp³-hybridized carbons (Fsp3) is 0.143. The summed E-state index contributed by atoms with van der Waals surface area (Å²) in [6.07, 6.45) is -3.76. The van der Waals surface area contributed by atoms with E-state index in [4.69, 9.17) is 5.11 Å². The van der Waals surface area contributed by atoms with Gasteiger partial charge in [0, 0.05) is 4.47 Å². The van der Waals surface area contributed by atoms with Crippen LogP contribution in [0.5, 0.6) is 0 Å². The second-order valence-corrected chi connectivity index (χ2v) is 2.88. The molecule has 0 saturated heterocycles. The Labute approximate surface area is 70.8 Å². The molecule has 0 aliphatic carbocycles. The van der Waals surface area contributed by atoms with Crippen molar-refractivity contribution in [1.82, 2.24) is 0 Å². The number of halogens is 3. The Hall–Kier alpha value is -0.480. The predicted molar refractivity (Wildman–Crippen MR) is 40.3 cm³/mol. The highest BCUT2D eigenvalue weighted by molar-refractivity contribution is 9.10. The van der Waals surface area contributed by atoms with E-state index >= 15 is 0 Å². The van der Waals surface area contributed by atoms with E-state index in [9.17, 15) is 8.78 Å². The van der Waals surface area contributed by atoms with Crippen LogP contribution in [-0.4, -0.2) is 5.11 Å². The lowest BCUT2D eigenvalue weighted by Crippen LogP contribution is -2.11. The van der Waals surface area contributed by atoms with Gasteiger partial charge >= 0.3 is 6.11 Å². The molecule has 0 radical (unpaired) electrons. The van der Waals surface area contributed by atoms with Crippen LogP contribution in [0.3, 0.4) is 0 Å². The second kappa shape index (κ2) is 2.87. The van der Waals surface area contributed by atoms with Crippen LogP contribution < -0.4 is 0 Å². The van der Waals surface area contributed by atoms with Crippen LogP contribution in [0.1, 0.15) is 5.56 Å². The van der Waals surface area contributed by atoms with Crippen molar-refractivity contribution in [2.24, 2.45) is 0 Å². The lowest BCUT2D eigenvalue weighted by atomic mass is 10.2. The molecule has 0 atom stereocenters. The molecular formula is C7H5BrF2O. The van der Waals surface area contributed by atoms with Gasteiger partial charge in [0.1, 0.15) is 0 Å². The first kappa shape index (κ1) is 8.62. The zero-order valence-corrected chi connectivity index (χ0v) is 6.98. The van der Waals surface area contributed by atoms with Crippen LogP contribution in [0.25, 0.3) is 0 Å². The van der Waals surface area contributed by atoms with Crippen molar-refractivity contribution in [3.63, 3.8) is 0 Å². The molecule has 60 valence electrons. The van der Waals surface area contributed by atoms with Crippen LogP contribution in [0.4, 0.5) is 8.78 Å². The highest BCUT2D eigenvalue weighted by Gasteiger charge is 2.29. The molecule has 0 aliphatic heterocycles. The molecule has 1 aromatic carbocycles. The van der Waals surface area contributed by atoms with Gasteiger partial charge in [0.05, 0.1) is 5.56 Å². The second-order valence-electron chi connectivity index (χ2n) is 2.02. The van der Waals surface area contributed by atoms with Gasteiger partial charge in [-0.05, 0) is 12.1 Å². The van der Waals surface area contributed by atoms with Crippen LogP contribution in [0.2, 0.25) is 0 Å². The van der Waals surface area contributed by atoms with E-state index < -0.39 is 11.7 Å². The molecular weight excluding hydrogens is 218 g/mol. The highest BCUT2D eigenvalue weighted by Crippen LogP contribution is 2.30. The number of alkyl halides is 2. The molecule has 0 amide bonds.